The summed E-state index contributed by atoms with van der Waals surface area (Å²) in [5, 5.41) is 8.85. The molecule has 0 unspecified atom stereocenters. The maximum atomic E-state index is 13.8. The number of halogens is 2. The minimum absolute atomic E-state index is 0.0100. The van der Waals surface area contributed by atoms with Crippen LogP contribution in [0.3, 0.4) is 0 Å². The van der Waals surface area contributed by atoms with E-state index in [2.05, 4.69) is 4.98 Å². The Morgan fingerprint density at radius 3 is 2.62 bits per heavy atom. The standard InChI is InChI=1S/C14H11ClFNO4/c1-8(14(18)19)20-10-2-4-11(5-3-10)21-13-12(16)6-9(15)7-17-13/h2-8H,1H3,(H,18,19)/t8-/m1/s1/i2D,3D,4D,5D. The maximum absolute atomic E-state index is 13.8. The van der Waals surface area contributed by atoms with Crippen molar-refractivity contribution in [1.29, 1.82) is 0 Å². The summed E-state index contributed by atoms with van der Waals surface area (Å²) in [6.45, 7) is 1.17. The van der Waals surface area contributed by atoms with E-state index in [1.165, 1.54) is 6.92 Å². The molecule has 0 bridgehead atoms. The lowest BCUT2D eigenvalue weighted by Crippen LogP contribution is -2.22. The van der Waals surface area contributed by atoms with E-state index in [0.717, 1.165) is 12.3 Å². The van der Waals surface area contributed by atoms with Crippen LogP contribution >= 0.6 is 11.6 Å². The third kappa shape index (κ3) is 4.06. The van der Waals surface area contributed by atoms with E-state index >= 15 is 0 Å². The molecule has 2 aromatic rings. The molecule has 110 valence electrons. The summed E-state index contributed by atoms with van der Waals surface area (Å²) in [7, 11) is 0. The Morgan fingerprint density at radius 2 is 2.05 bits per heavy atom. The molecule has 1 aromatic carbocycles. The lowest BCUT2D eigenvalue weighted by atomic mass is 10.3. The van der Waals surface area contributed by atoms with Crippen LogP contribution < -0.4 is 9.47 Å². The summed E-state index contributed by atoms with van der Waals surface area (Å²) in [6, 6.07) is -1.78. The number of carboxylic acid groups (broad SMARTS) is 1. The van der Waals surface area contributed by atoms with Crippen LogP contribution in [0.5, 0.6) is 17.4 Å². The van der Waals surface area contributed by atoms with Gasteiger partial charge in [-0.25, -0.2) is 14.2 Å². The van der Waals surface area contributed by atoms with E-state index in [1.807, 2.05) is 0 Å². The Morgan fingerprint density at radius 1 is 1.43 bits per heavy atom. The maximum Gasteiger partial charge on any atom is 0.344 e. The second-order valence-electron chi connectivity index (χ2n) is 3.80. The summed E-state index contributed by atoms with van der Waals surface area (Å²) in [4.78, 5) is 14.4. The number of carboxylic acids is 1. The van der Waals surface area contributed by atoms with Gasteiger partial charge in [-0.1, -0.05) is 11.6 Å². The van der Waals surface area contributed by atoms with E-state index in [1.54, 1.807) is 0 Å². The van der Waals surface area contributed by atoms with E-state index in [-0.39, 0.29) is 5.02 Å². The number of pyridine rings is 1. The molecule has 0 radical (unpaired) electrons. The Labute approximate surface area is 130 Å². The van der Waals surface area contributed by atoms with Gasteiger partial charge in [0.2, 0.25) is 0 Å². The molecule has 0 fully saturated rings. The predicted octanol–water partition coefficient (Wildman–Crippen LogP) is 3.52. The minimum Gasteiger partial charge on any atom is -0.479 e. The van der Waals surface area contributed by atoms with Gasteiger partial charge in [-0.15, -0.1) is 0 Å². The fourth-order valence-electron chi connectivity index (χ4n) is 1.20. The summed E-state index contributed by atoms with van der Waals surface area (Å²) in [6.07, 6.45) is -0.309. The molecular weight excluding hydrogens is 301 g/mol. The number of hydrogen-bond donors (Lipinski definition) is 1. The van der Waals surface area contributed by atoms with Crippen molar-refractivity contribution in [3.8, 4) is 17.4 Å². The fourth-order valence-corrected chi connectivity index (χ4v) is 1.35. The molecule has 21 heavy (non-hydrogen) atoms. The van der Waals surface area contributed by atoms with Crippen molar-refractivity contribution in [2.75, 3.05) is 0 Å². The van der Waals surface area contributed by atoms with Crippen LogP contribution in [-0.4, -0.2) is 22.2 Å². The number of rotatable bonds is 5. The molecular formula is C14H11ClFNO4. The van der Waals surface area contributed by atoms with Crippen LogP contribution in [0.15, 0.2) is 36.4 Å². The number of carbonyl (C=O) groups is 1. The predicted molar refractivity (Wildman–Crippen MR) is 73.4 cm³/mol. The van der Waals surface area contributed by atoms with Crippen molar-refractivity contribution >= 4 is 17.6 Å². The highest BCUT2D eigenvalue weighted by molar-refractivity contribution is 6.30. The Hall–Kier alpha value is -2.34. The lowest BCUT2D eigenvalue weighted by Gasteiger charge is -2.11. The molecule has 0 aliphatic rings. The van der Waals surface area contributed by atoms with Crippen LogP contribution in [0, 0.1) is 5.82 Å². The van der Waals surface area contributed by atoms with Gasteiger partial charge < -0.3 is 14.6 Å². The third-order valence-electron chi connectivity index (χ3n) is 2.19. The fraction of sp³-hybridized carbons (Fsp3) is 0.143. The van der Waals surface area contributed by atoms with Gasteiger partial charge in [-0.3, -0.25) is 0 Å². The SMILES string of the molecule is [2H]c1c([2H])c(O[C@H](C)C(=O)O)c([2H])c([2H])c1Oc1ncc(Cl)cc1F. The molecule has 0 amide bonds. The Bertz CT molecular complexity index is 823. The largest absolute Gasteiger partial charge is 0.479 e. The van der Waals surface area contributed by atoms with E-state index in [9.17, 15) is 9.18 Å². The molecule has 7 heteroatoms. The topological polar surface area (TPSA) is 68.7 Å². The quantitative estimate of drug-likeness (QED) is 0.914. The summed E-state index contributed by atoms with van der Waals surface area (Å²) in [5.41, 5.74) is 0. The van der Waals surface area contributed by atoms with E-state index in [0.29, 0.717) is 0 Å². The van der Waals surface area contributed by atoms with Gasteiger partial charge in [0.1, 0.15) is 11.5 Å². The first-order chi connectivity index (χ1) is 11.6. The first kappa shape index (κ1) is 10.4. The molecule has 5 nitrogen and oxygen atoms in total. The van der Waals surface area contributed by atoms with Crippen molar-refractivity contribution < 1.29 is 29.2 Å². The molecule has 1 N–H and O–H groups in total. The van der Waals surface area contributed by atoms with Crippen molar-refractivity contribution in [3.05, 3.63) is 47.3 Å². The van der Waals surface area contributed by atoms with Crippen molar-refractivity contribution in [1.82, 2.24) is 4.98 Å². The molecule has 1 heterocycles. The monoisotopic (exact) mass is 315 g/mol. The highest BCUT2D eigenvalue weighted by atomic mass is 35.5. The number of nitrogens with zero attached hydrogens (tertiary/aromatic N) is 1. The Kier molecular flexibility index (Phi) is 3.17. The molecule has 1 atom stereocenters. The molecule has 0 aliphatic carbocycles. The number of benzene rings is 1. The second kappa shape index (κ2) is 6.41. The normalized spacial score (nSPS) is 14.4. The van der Waals surface area contributed by atoms with E-state index in [4.69, 9.17) is 31.7 Å². The highest BCUT2D eigenvalue weighted by Gasteiger charge is 2.12. The smallest absolute Gasteiger partial charge is 0.344 e. The minimum atomic E-state index is -1.39. The first-order valence-electron chi connectivity index (χ1n) is 7.62. The number of aromatic nitrogens is 1. The van der Waals surface area contributed by atoms with Gasteiger partial charge in [-0.2, -0.15) is 0 Å². The van der Waals surface area contributed by atoms with Crippen LogP contribution in [0.4, 0.5) is 4.39 Å². The van der Waals surface area contributed by atoms with Crippen molar-refractivity contribution in [2.24, 2.45) is 0 Å². The van der Waals surface area contributed by atoms with Crippen LogP contribution in [0.25, 0.3) is 0 Å². The zero-order valence-corrected chi connectivity index (χ0v) is 11.4. The highest BCUT2D eigenvalue weighted by Crippen LogP contribution is 2.26. The van der Waals surface area contributed by atoms with Crippen LogP contribution in [0.1, 0.15) is 12.4 Å². The molecule has 0 saturated heterocycles. The van der Waals surface area contributed by atoms with Crippen molar-refractivity contribution in [3.63, 3.8) is 0 Å². The second-order valence-corrected chi connectivity index (χ2v) is 4.24. The zero-order chi connectivity index (χ0) is 18.9. The molecule has 0 spiro atoms. The zero-order valence-electron chi connectivity index (χ0n) is 14.6. The van der Waals surface area contributed by atoms with E-state index < -0.39 is 59.4 Å². The summed E-state index contributed by atoms with van der Waals surface area (Å²) in [5.74, 6) is -4.02. The lowest BCUT2D eigenvalue weighted by molar-refractivity contribution is -0.144. The number of hydrogen-bond acceptors (Lipinski definition) is 4. The number of ether oxygens (including phenoxy) is 2. The molecule has 1 aromatic heterocycles. The van der Waals surface area contributed by atoms with Crippen molar-refractivity contribution in [2.45, 2.75) is 13.0 Å². The van der Waals surface area contributed by atoms with Gasteiger partial charge in [0.15, 0.2) is 11.9 Å². The van der Waals surface area contributed by atoms with Gasteiger partial charge in [-0.05, 0) is 37.2 Å². The molecule has 2 rings (SSSR count). The van der Waals surface area contributed by atoms with Crippen LogP contribution in [0.2, 0.25) is 5.02 Å². The van der Waals surface area contributed by atoms with Gasteiger partial charge in [0.25, 0.3) is 5.88 Å². The third-order valence-corrected chi connectivity index (χ3v) is 2.40. The summed E-state index contributed by atoms with van der Waals surface area (Å²) < 4.78 is 55.2. The number of aliphatic carboxylic acids is 1. The Balaban J connectivity index is 2.49. The van der Waals surface area contributed by atoms with Gasteiger partial charge in [0.05, 0.1) is 10.5 Å². The summed E-state index contributed by atoms with van der Waals surface area (Å²) >= 11 is 5.57. The average Bonchev–Trinajstić information content (AvgIpc) is 2.55. The average molecular weight is 316 g/mol. The first-order valence-corrected chi connectivity index (χ1v) is 6.00. The molecule has 0 aliphatic heterocycles. The van der Waals surface area contributed by atoms with Crippen LogP contribution in [-0.2, 0) is 4.79 Å². The van der Waals surface area contributed by atoms with Gasteiger partial charge >= 0.3 is 5.97 Å². The molecule has 0 saturated carbocycles. The van der Waals surface area contributed by atoms with Gasteiger partial charge in [0, 0.05) is 6.20 Å².